The quantitative estimate of drug-likeness (QED) is 0.341. The maximum atomic E-state index is 11.9. The minimum Gasteiger partial charge on any atom is -0.347 e. The molecule has 3 N–H and O–H groups in total. The molecule has 1 aliphatic rings. The second-order valence-corrected chi connectivity index (χ2v) is 8.68. The summed E-state index contributed by atoms with van der Waals surface area (Å²) in [5.74, 6) is 0. The number of rotatable bonds is 12. The number of fused-ring (bicyclic) bond motifs is 1. The highest BCUT2D eigenvalue weighted by atomic mass is 32.2. The van der Waals surface area contributed by atoms with Crippen LogP contribution >= 0.6 is 0 Å². The molecule has 0 fully saturated rings. The highest BCUT2D eigenvalue weighted by Gasteiger charge is 2.46. The Balaban J connectivity index is 1.71. The normalized spacial score (nSPS) is 15.4. The Labute approximate surface area is 152 Å². The predicted molar refractivity (Wildman–Crippen MR) is 104 cm³/mol. The van der Waals surface area contributed by atoms with E-state index in [9.17, 15) is 13.0 Å². The molecule has 1 aromatic rings. The van der Waals surface area contributed by atoms with Crippen molar-refractivity contribution < 1.29 is 13.0 Å². The van der Waals surface area contributed by atoms with Crippen molar-refractivity contribution in [3.05, 3.63) is 24.3 Å². The predicted octanol–water partition coefficient (Wildman–Crippen LogP) is 5.38. The van der Waals surface area contributed by atoms with Gasteiger partial charge < -0.3 is 10.6 Å². The average molecular weight is 369 g/mol. The van der Waals surface area contributed by atoms with Gasteiger partial charge in [-0.25, -0.2) is 0 Å². The molecule has 0 aromatic heterocycles. The molecule has 1 aliphatic heterocycles. The van der Waals surface area contributed by atoms with E-state index >= 15 is 0 Å². The van der Waals surface area contributed by atoms with E-state index in [4.69, 9.17) is 0 Å². The first-order valence-electron chi connectivity index (χ1n) is 9.61. The van der Waals surface area contributed by atoms with E-state index in [1.807, 2.05) is 24.3 Å². The number of para-hydroxylation sites is 2. The number of unbranched alkanes of at least 4 members (excludes halogenated alkanes) is 9. The van der Waals surface area contributed by atoms with Crippen LogP contribution < -0.4 is 10.6 Å². The van der Waals surface area contributed by atoms with Gasteiger partial charge in [0.05, 0.1) is 11.4 Å². The fourth-order valence-corrected chi connectivity index (χ4v) is 4.29. The molecule has 0 amide bonds. The van der Waals surface area contributed by atoms with E-state index in [2.05, 4.69) is 17.6 Å². The minimum absolute atomic E-state index is 0.344. The molecule has 2 rings (SSSR count). The van der Waals surface area contributed by atoms with Crippen LogP contribution in [0, 0.1) is 0 Å². The summed E-state index contributed by atoms with van der Waals surface area (Å²) in [6, 6.07) is 7.31. The molecule has 6 heteroatoms. The molecule has 0 saturated carbocycles. The zero-order valence-corrected chi connectivity index (χ0v) is 16.1. The van der Waals surface area contributed by atoms with Gasteiger partial charge in [-0.3, -0.25) is 4.55 Å². The van der Waals surface area contributed by atoms with E-state index in [1.165, 1.54) is 44.9 Å². The number of benzene rings is 1. The Morgan fingerprint density at radius 2 is 1.28 bits per heavy atom. The lowest BCUT2D eigenvalue weighted by atomic mass is 10.1. The van der Waals surface area contributed by atoms with Crippen LogP contribution in [-0.2, 0) is 10.1 Å². The molecule has 1 heterocycles. The maximum absolute atomic E-state index is 11.9. The Kier molecular flexibility index (Phi) is 7.56. The molecule has 0 aliphatic carbocycles. The zero-order chi connectivity index (χ0) is 18.2. The summed E-state index contributed by atoms with van der Waals surface area (Å²) in [6.07, 6.45) is 12.2. The molecule has 0 saturated heterocycles. The van der Waals surface area contributed by atoms with Crippen LogP contribution in [0.4, 0.5) is 11.4 Å². The van der Waals surface area contributed by atoms with Crippen molar-refractivity contribution in [2.45, 2.75) is 82.5 Å². The van der Waals surface area contributed by atoms with E-state index in [-0.39, 0.29) is 0 Å². The lowest BCUT2D eigenvalue weighted by Gasteiger charge is -2.27. The van der Waals surface area contributed by atoms with Gasteiger partial charge in [0.25, 0.3) is 0 Å². The Hall–Kier alpha value is -1.27. The van der Waals surface area contributed by atoms with E-state index in [1.54, 1.807) is 0 Å². The van der Waals surface area contributed by atoms with Gasteiger partial charge in [-0.2, -0.15) is 8.42 Å². The van der Waals surface area contributed by atoms with Crippen molar-refractivity contribution >= 4 is 21.5 Å². The molecule has 142 valence electrons. The van der Waals surface area contributed by atoms with Crippen molar-refractivity contribution in [3.63, 3.8) is 0 Å². The van der Waals surface area contributed by atoms with Gasteiger partial charge in [0.1, 0.15) is 0 Å². The second kappa shape index (κ2) is 9.43. The molecule has 1 aromatic carbocycles. The Morgan fingerprint density at radius 3 is 1.72 bits per heavy atom. The van der Waals surface area contributed by atoms with Crippen LogP contribution in [0.5, 0.6) is 0 Å². The third-order valence-corrected chi connectivity index (χ3v) is 6.21. The number of hydrogen-bond donors (Lipinski definition) is 3. The molecule has 0 spiro atoms. The molecule has 0 unspecified atom stereocenters. The highest BCUT2D eigenvalue weighted by Crippen LogP contribution is 2.38. The summed E-state index contributed by atoms with van der Waals surface area (Å²) in [6.45, 7) is 2.23. The third kappa shape index (κ3) is 5.61. The number of hydrogen-bond acceptors (Lipinski definition) is 4. The van der Waals surface area contributed by atoms with Crippen LogP contribution in [0.3, 0.4) is 0 Å². The van der Waals surface area contributed by atoms with Gasteiger partial charge in [0, 0.05) is 6.42 Å². The van der Waals surface area contributed by atoms with Crippen molar-refractivity contribution in [2.75, 3.05) is 10.6 Å². The van der Waals surface area contributed by atoms with Crippen molar-refractivity contribution in [1.82, 2.24) is 0 Å². The summed E-state index contributed by atoms with van der Waals surface area (Å²) in [5, 5.41) is 5.94. The first-order chi connectivity index (χ1) is 12.0. The van der Waals surface area contributed by atoms with Gasteiger partial charge in [-0.1, -0.05) is 76.8 Å². The van der Waals surface area contributed by atoms with Crippen LogP contribution in [0.25, 0.3) is 0 Å². The average Bonchev–Trinajstić information content (AvgIpc) is 2.96. The number of anilines is 2. The monoisotopic (exact) mass is 368 g/mol. The van der Waals surface area contributed by atoms with E-state index < -0.39 is 15.1 Å². The van der Waals surface area contributed by atoms with E-state index in [0.717, 1.165) is 19.3 Å². The molecular formula is C19H32N2O3S. The molecule has 25 heavy (non-hydrogen) atoms. The molecule has 5 nitrogen and oxygen atoms in total. The van der Waals surface area contributed by atoms with Gasteiger partial charge in [0.15, 0.2) is 0 Å². The van der Waals surface area contributed by atoms with Crippen molar-refractivity contribution in [1.29, 1.82) is 0 Å². The topological polar surface area (TPSA) is 78.4 Å². The van der Waals surface area contributed by atoms with E-state index in [0.29, 0.717) is 17.8 Å². The van der Waals surface area contributed by atoms with Gasteiger partial charge in [0.2, 0.25) is 4.99 Å². The van der Waals surface area contributed by atoms with Gasteiger partial charge in [-0.05, 0) is 18.6 Å². The van der Waals surface area contributed by atoms with Gasteiger partial charge >= 0.3 is 10.1 Å². The zero-order valence-electron chi connectivity index (χ0n) is 15.3. The first-order valence-corrected chi connectivity index (χ1v) is 11.0. The third-order valence-electron chi connectivity index (χ3n) is 4.92. The molecule has 0 atom stereocenters. The largest absolute Gasteiger partial charge is 0.347 e. The second-order valence-electron chi connectivity index (χ2n) is 7.03. The lowest BCUT2D eigenvalue weighted by molar-refractivity contribution is 0.434. The standard InChI is InChI=1S/C19H32N2O3S/c1-2-3-4-5-6-7-8-9-10-13-16-19(25(22,23)24)20-17-14-11-12-15-18(17)21-19/h11-12,14-15,20-21H,2-10,13,16H2,1H3,(H,22,23,24). The summed E-state index contributed by atoms with van der Waals surface area (Å²) in [5.41, 5.74) is 1.43. The van der Waals surface area contributed by atoms with Crippen molar-refractivity contribution in [3.8, 4) is 0 Å². The van der Waals surface area contributed by atoms with Crippen LogP contribution in [0.1, 0.15) is 77.6 Å². The lowest BCUT2D eigenvalue weighted by Crippen LogP contribution is -2.49. The Morgan fingerprint density at radius 1 is 0.840 bits per heavy atom. The smallest absolute Gasteiger partial charge is 0.308 e. The minimum atomic E-state index is -4.26. The Bertz CT molecular complexity index is 606. The van der Waals surface area contributed by atoms with Crippen LogP contribution in [0.2, 0.25) is 0 Å². The maximum Gasteiger partial charge on any atom is 0.308 e. The SMILES string of the molecule is CCCCCCCCCCCCC1(S(=O)(=O)O)Nc2ccccc2N1. The summed E-state index contributed by atoms with van der Waals surface area (Å²) >= 11 is 0. The van der Waals surface area contributed by atoms with Crippen LogP contribution in [0.15, 0.2) is 24.3 Å². The molecular weight excluding hydrogens is 336 g/mol. The molecule has 0 bridgehead atoms. The first kappa shape index (κ1) is 20.0. The summed E-state index contributed by atoms with van der Waals surface area (Å²) in [7, 11) is -4.26. The van der Waals surface area contributed by atoms with Gasteiger partial charge in [-0.15, -0.1) is 0 Å². The molecule has 0 radical (unpaired) electrons. The fourth-order valence-electron chi connectivity index (χ4n) is 3.41. The number of nitrogens with one attached hydrogen (secondary N) is 2. The van der Waals surface area contributed by atoms with Crippen LogP contribution in [-0.4, -0.2) is 18.0 Å². The fraction of sp³-hybridized carbons (Fsp3) is 0.684. The highest BCUT2D eigenvalue weighted by molar-refractivity contribution is 7.87. The summed E-state index contributed by atoms with van der Waals surface area (Å²) < 4.78 is 33.6. The van der Waals surface area contributed by atoms with Crippen molar-refractivity contribution in [2.24, 2.45) is 0 Å². The summed E-state index contributed by atoms with van der Waals surface area (Å²) in [4.78, 5) is -1.49.